The van der Waals surface area contributed by atoms with Crippen molar-refractivity contribution in [3.63, 3.8) is 0 Å². The molecule has 0 amide bonds. The predicted molar refractivity (Wildman–Crippen MR) is 56.2 cm³/mol. The average molecular weight is 177 g/mol. The van der Waals surface area contributed by atoms with Crippen LogP contribution >= 0.6 is 0 Å². The quantitative estimate of drug-likeness (QED) is 0.487. The zero-order valence-corrected chi connectivity index (χ0v) is 7.96. The number of hydrogen-bond acceptors (Lipinski definition) is 2. The highest BCUT2D eigenvalue weighted by atomic mass is 14.9. The molecule has 0 aliphatic rings. The van der Waals surface area contributed by atoms with E-state index in [1.54, 1.807) is 0 Å². The van der Waals surface area contributed by atoms with Gasteiger partial charge in [-0.05, 0) is 26.0 Å². The summed E-state index contributed by atoms with van der Waals surface area (Å²) in [7, 11) is 0. The Morgan fingerprint density at radius 2 is 2.15 bits per heavy atom. The Morgan fingerprint density at radius 3 is 2.69 bits per heavy atom. The van der Waals surface area contributed by atoms with Gasteiger partial charge in [0.2, 0.25) is 0 Å². The predicted octanol–water partition coefficient (Wildman–Crippen LogP) is 1.79. The molecule has 0 aliphatic carbocycles. The van der Waals surface area contributed by atoms with Gasteiger partial charge in [0.15, 0.2) is 0 Å². The largest absolute Gasteiger partial charge is 0.384 e. The minimum atomic E-state index is 0.104. The molecule has 0 aliphatic heterocycles. The van der Waals surface area contributed by atoms with E-state index in [4.69, 9.17) is 11.1 Å². The molecule has 0 atom stereocenters. The van der Waals surface area contributed by atoms with Crippen LogP contribution in [0, 0.1) is 5.41 Å². The van der Waals surface area contributed by atoms with Crippen LogP contribution in [0.3, 0.4) is 0 Å². The van der Waals surface area contributed by atoms with E-state index in [2.05, 4.69) is 19.2 Å². The summed E-state index contributed by atoms with van der Waals surface area (Å²) >= 11 is 0. The van der Waals surface area contributed by atoms with E-state index in [1.165, 1.54) is 0 Å². The van der Waals surface area contributed by atoms with E-state index in [0.29, 0.717) is 6.04 Å². The molecule has 1 rings (SSSR count). The monoisotopic (exact) mass is 177 g/mol. The molecule has 3 nitrogen and oxygen atoms in total. The van der Waals surface area contributed by atoms with Crippen LogP contribution < -0.4 is 11.1 Å². The van der Waals surface area contributed by atoms with Crippen LogP contribution in [-0.4, -0.2) is 11.9 Å². The highest BCUT2D eigenvalue weighted by molar-refractivity contribution is 5.95. The molecule has 0 saturated heterocycles. The van der Waals surface area contributed by atoms with Crippen LogP contribution in [-0.2, 0) is 0 Å². The summed E-state index contributed by atoms with van der Waals surface area (Å²) in [6.45, 7) is 4.14. The SMILES string of the molecule is CC(C)Nc1cccc(C(=N)N)c1. The van der Waals surface area contributed by atoms with E-state index < -0.39 is 0 Å². The van der Waals surface area contributed by atoms with Gasteiger partial charge in [-0.1, -0.05) is 12.1 Å². The molecule has 0 fully saturated rings. The third kappa shape index (κ3) is 2.78. The van der Waals surface area contributed by atoms with Gasteiger partial charge in [-0.25, -0.2) is 0 Å². The molecule has 4 N–H and O–H groups in total. The van der Waals surface area contributed by atoms with Crippen molar-refractivity contribution < 1.29 is 0 Å². The molecule has 1 aromatic rings. The molecule has 0 spiro atoms. The molecular weight excluding hydrogens is 162 g/mol. The number of amidine groups is 1. The summed E-state index contributed by atoms with van der Waals surface area (Å²) in [4.78, 5) is 0. The number of anilines is 1. The minimum absolute atomic E-state index is 0.104. The first-order valence-corrected chi connectivity index (χ1v) is 4.30. The van der Waals surface area contributed by atoms with Gasteiger partial charge >= 0.3 is 0 Å². The van der Waals surface area contributed by atoms with E-state index >= 15 is 0 Å². The molecule has 1 aromatic carbocycles. The van der Waals surface area contributed by atoms with Gasteiger partial charge in [0.1, 0.15) is 5.84 Å². The number of nitrogens with two attached hydrogens (primary N) is 1. The fraction of sp³-hybridized carbons (Fsp3) is 0.300. The zero-order chi connectivity index (χ0) is 9.84. The van der Waals surface area contributed by atoms with Crippen LogP contribution in [0.2, 0.25) is 0 Å². The summed E-state index contributed by atoms with van der Waals surface area (Å²) in [5.41, 5.74) is 7.13. The first-order valence-electron chi connectivity index (χ1n) is 4.30. The molecule has 0 heterocycles. The van der Waals surface area contributed by atoms with Gasteiger partial charge in [0.05, 0.1) is 0 Å². The van der Waals surface area contributed by atoms with E-state index in [-0.39, 0.29) is 5.84 Å². The van der Waals surface area contributed by atoms with Crippen molar-refractivity contribution >= 4 is 11.5 Å². The second-order valence-electron chi connectivity index (χ2n) is 3.29. The fourth-order valence-corrected chi connectivity index (χ4v) is 1.11. The van der Waals surface area contributed by atoms with Gasteiger partial charge in [-0.2, -0.15) is 0 Å². The second kappa shape index (κ2) is 3.94. The lowest BCUT2D eigenvalue weighted by Gasteiger charge is -2.10. The number of nitrogen functional groups attached to an aromatic ring is 1. The van der Waals surface area contributed by atoms with Crippen LogP contribution in [0.1, 0.15) is 19.4 Å². The third-order valence-corrected chi connectivity index (χ3v) is 1.63. The Kier molecular flexibility index (Phi) is 2.90. The van der Waals surface area contributed by atoms with Crippen molar-refractivity contribution in [3.8, 4) is 0 Å². The number of rotatable bonds is 3. The van der Waals surface area contributed by atoms with Crippen molar-refractivity contribution in [1.29, 1.82) is 5.41 Å². The minimum Gasteiger partial charge on any atom is -0.384 e. The lowest BCUT2D eigenvalue weighted by Crippen LogP contribution is -2.13. The molecular formula is C10H15N3. The zero-order valence-electron chi connectivity index (χ0n) is 7.96. The van der Waals surface area contributed by atoms with Crippen LogP contribution in [0.15, 0.2) is 24.3 Å². The standard InChI is InChI=1S/C10H15N3/c1-7(2)13-9-5-3-4-8(6-9)10(11)12/h3-7,13H,1-2H3,(H3,11,12). The molecule has 13 heavy (non-hydrogen) atoms. The molecule has 0 bridgehead atoms. The Morgan fingerprint density at radius 1 is 1.46 bits per heavy atom. The summed E-state index contributed by atoms with van der Waals surface area (Å²) in [6, 6.07) is 7.95. The highest BCUT2D eigenvalue weighted by Crippen LogP contribution is 2.10. The highest BCUT2D eigenvalue weighted by Gasteiger charge is 1.98. The van der Waals surface area contributed by atoms with Crippen LogP contribution in [0.25, 0.3) is 0 Å². The third-order valence-electron chi connectivity index (χ3n) is 1.63. The Labute approximate surface area is 78.5 Å². The van der Waals surface area contributed by atoms with Gasteiger partial charge < -0.3 is 11.1 Å². The Balaban J connectivity index is 2.85. The van der Waals surface area contributed by atoms with Crippen LogP contribution in [0.4, 0.5) is 5.69 Å². The topological polar surface area (TPSA) is 61.9 Å². The molecule has 3 heteroatoms. The number of benzene rings is 1. The van der Waals surface area contributed by atoms with Gasteiger partial charge in [-0.15, -0.1) is 0 Å². The Bertz CT molecular complexity index is 305. The van der Waals surface area contributed by atoms with Crippen molar-refractivity contribution in [2.75, 3.05) is 5.32 Å². The molecule has 0 radical (unpaired) electrons. The number of nitrogens with one attached hydrogen (secondary N) is 2. The fourth-order valence-electron chi connectivity index (χ4n) is 1.11. The first kappa shape index (κ1) is 9.58. The van der Waals surface area contributed by atoms with Crippen molar-refractivity contribution in [2.45, 2.75) is 19.9 Å². The summed E-state index contributed by atoms with van der Waals surface area (Å²) in [5.74, 6) is 0.104. The Hall–Kier alpha value is -1.51. The first-order chi connectivity index (χ1) is 6.09. The summed E-state index contributed by atoms with van der Waals surface area (Å²) in [6.07, 6.45) is 0. The average Bonchev–Trinajstić information content (AvgIpc) is 2.03. The van der Waals surface area contributed by atoms with Gasteiger partial charge in [0, 0.05) is 17.3 Å². The smallest absolute Gasteiger partial charge is 0.122 e. The van der Waals surface area contributed by atoms with E-state index in [1.807, 2.05) is 24.3 Å². The molecule has 0 aromatic heterocycles. The maximum Gasteiger partial charge on any atom is 0.122 e. The van der Waals surface area contributed by atoms with Crippen LogP contribution in [0.5, 0.6) is 0 Å². The summed E-state index contributed by atoms with van der Waals surface area (Å²) in [5, 5.41) is 10.5. The van der Waals surface area contributed by atoms with E-state index in [9.17, 15) is 0 Å². The van der Waals surface area contributed by atoms with Gasteiger partial charge in [-0.3, -0.25) is 5.41 Å². The van der Waals surface area contributed by atoms with Crippen molar-refractivity contribution in [3.05, 3.63) is 29.8 Å². The summed E-state index contributed by atoms with van der Waals surface area (Å²) < 4.78 is 0. The number of hydrogen-bond donors (Lipinski definition) is 3. The molecule has 70 valence electrons. The maximum absolute atomic E-state index is 7.26. The lowest BCUT2D eigenvalue weighted by molar-refractivity contribution is 0.899. The van der Waals surface area contributed by atoms with Crippen molar-refractivity contribution in [1.82, 2.24) is 0 Å². The maximum atomic E-state index is 7.26. The molecule has 0 saturated carbocycles. The van der Waals surface area contributed by atoms with E-state index in [0.717, 1.165) is 11.3 Å². The molecule has 0 unspecified atom stereocenters. The second-order valence-corrected chi connectivity index (χ2v) is 3.29. The lowest BCUT2D eigenvalue weighted by atomic mass is 10.2. The van der Waals surface area contributed by atoms with Crippen molar-refractivity contribution in [2.24, 2.45) is 5.73 Å². The normalized spacial score (nSPS) is 10.1. The van der Waals surface area contributed by atoms with Gasteiger partial charge in [0.25, 0.3) is 0 Å².